The third-order valence-corrected chi connectivity index (χ3v) is 3.24. The van der Waals surface area contributed by atoms with Crippen molar-refractivity contribution in [1.82, 2.24) is 0 Å². The molecule has 1 amide bonds. The maximum Gasteiger partial charge on any atom is 0.270 e. The van der Waals surface area contributed by atoms with E-state index in [1.165, 1.54) is 30.3 Å². The molecule has 0 spiro atoms. The summed E-state index contributed by atoms with van der Waals surface area (Å²) in [6, 6.07) is 10.1. The fourth-order valence-corrected chi connectivity index (χ4v) is 1.84. The lowest BCUT2D eigenvalue weighted by Crippen LogP contribution is -2.12. The Morgan fingerprint density at radius 2 is 1.85 bits per heavy atom. The Kier molecular flexibility index (Phi) is 4.22. The van der Waals surface area contributed by atoms with Crippen molar-refractivity contribution in [2.75, 3.05) is 5.32 Å². The van der Waals surface area contributed by atoms with Gasteiger partial charge in [0.1, 0.15) is 0 Å². The molecule has 0 radical (unpaired) electrons. The molecule has 102 valence electrons. The molecular formula is C13H8Cl2N2O3. The molecule has 0 fully saturated rings. The second-order valence-electron chi connectivity index (χ2n) is 3.89. The highest BCUT2D eigenvalue weighted by Crippen LogP contribution is 2.25. The van der Waals surface area contributed by atoms with Crippen LogP contribution < -0.4 is 5.32 Å². The summed E-state index contributed by atoms with van der Waals surface area (Å²) in [5.41, 5.74) is 0.493. The number of non-ortho nitro benzene ring substituents is 1. The summed E-state index contributed by atoms with van der Waals surface area (Å²) in [4.78, 5) is 22.1. The van der Waals surface area contributed by atoms with Crippen molar-refractivity contribution in [1.29, 1.82) is 0 Å². The average Bonchev–Trinajstić information content (AvgIpc) is 2.43. The minimum Gasteiger partial charge on any atom is -0.322 e. The van der Waals surface area contributed by atoms with Crippen molar-refractivity contribution >= 4 is 40.5 Å². The average molecular weight is 311 g/mol. The normalized spacial score (nSPS) is 10.1. The lowest BCUT2D eigenvalue weighted by Gasteiger charge is -2.06. The van der Waals surface area contributed by atoms with E-state index in [2.05, 4.69) is 5.32 Å². The molecule has 0 saturated carbocycles. The van der Waals surface area contributed by atoms with Gasteiger partial charge in [0.25, 0.3) is 11.6 Å². The van der Waals surface area contributed by atoms with Gasteiger partial charge in [0.2, 0.25) is 0 Å². The zero-order chi connectivity index (χ0) is 14.7. The molecule has 20 heavy (non-hydrogen) atoms. The Hall–Kier alpha value is -2.11. The van der Waals surface area contributed by atoms with Crippen LogP contribution in [0.4, 0.5) is 11.4 Å². The Morgan fingerprint density at radius 1 is 1.10 bits per heavy atom. The molecule has 1 N–H and O–H groups in total. The molecule has 0 aliphatic heterocycles. The highest BCUT2D eigenvalue weighted by Gasteiger charge is 2.12. The Morgan fingerprint density at radius 3 is 2.50 bits per heavy atom. The van der Waals surface area contributed by atoms with E-state index in [1.807, 2.05) is 0 Å². The number of benzene rings is 2. The molecule has 2 aromatic carbocycles. The summed E-state index contributed by atoms with van der Waals surface area (Å²) >= 11 is 11.6. The first-order valence-corrected chi connectivity index (χ1v) is 6.24. The van der Waals surface area contributed by atoms with E-state index >= 15 is 0 Å². The van der Waals surface area contributed by atoms with Crippen molar-refractivity contribution in [2.45, 2.75) is 0 Å². The smallest absolute Gasteiger partial charge is 0.270 e. The molecule has 5 nitrogen and oxygen atoms in total. The number of nitro groups is 1. The van der Waals surface area contributed by atoms with Gasteiger partial charge in [-0.15, -0.1) is 0 Å². The zero-order valence-corrected chi connectivity index (χ0v) is 11.5. The van der Waals surface area contributed by atoms with Crippen LogP contribution in [-0.2, 0) is 0 Å². The standard InChI is InChI=1S/C13H8Cl2N2O3/c14-11-5-4-9(7-12(11)15)16-13(18)8-2-1-3-10(6-8)17(19)20/h1-7H,(H,16,18). The molecule has 0 atom stereocenters. The number of nitrogens with zero attached hydrogens (tertiary/aromatic N) is 1. The van der Waals surface area contributed by atoms with Gasteiger partial charge in [-0.1, -0.05) is 29.3 Å². The quantitative estimate of drug-likeness (QED) is 0.683. The third-order valence-electron chi connectivity index (χ3n) is 2.50. The van der Waals surface area contributed by atoms with Crippen molar-refractivity contribution in [3.05, 3.63) is 68.2 Å². The van der Waals surface area contributed by atoms with Gasteiger partial charge in [0.15, 0.2) is 0 Å². The summed E-state index contributed by atoms with van der Waals surface area (Å²) < 4.78 is 0. The van der Waals surface area contributed by atoms with Crippen LogP contribution in [0, 0.1) is 10.1 Å². The van der Waals surface area contributed by atoms with Crippen LogP contribution in [-0.4, -0.2) is 10.8 Å². The number of carbonyl (C=O) groups is 1. The zero-order valence-electron chi connectivity index (χ0n) is 9.97. The number of amides is 1. The molecule has 0 aromatic heterocycles. The van der Waals surface area contributed by atoms with Crippen LogP contribution in [0.25, 0.3) is 0 Å². The minimum atomic E-state index is -0.560. The highest BCUT2D eigenvalue weighted by molar-refractivity contribution is 6.42. The van der Waals surface area contributed by atoms with Crippen LogP contribution in [0.5, 0.6) is 0 Å². The molecule has 7 heteroatoms. The predicted molar refractivity (Wildman–Crippen MR) is 77.5 cm³/mol. The lowest BCUT2D eigenvalue weighted by atomic mass is 10.2. The Bertz CT molecular complexity index is 689. The molecule has 2 rings (SSSR count). The fraction of sp³-hybridized carbons (Fsp3) is 0. The molecule has 0 aliphatic rings. The number of nitro benzene ring substituents is 1. The van der Waals surface area contributed by atoms with E-state index in [0.717, 1.165) is 0 Å². The van der Waals surface area contributed by atoms with E-state index in [1.54, 1.807) is 12.1 Å². The van der Waals surface area contributed by atoms with Crippen molar-refractivity contribution < 1.29 is 9.72 Å². The molecule has 0 saturated heterocycles. The highest BCUT2D eigenvalue weighted by atomic mass is 35.5. The summed E-state index contributed by atoms with van der Waals surface area (Å²) in [5.74, 6) is -0.466. The maximum atomic E-state index is 12.0. The van der Waals surface area contributed by atoms with E-state index < -0.39 is 10.8 Å². The topological polar surface area (TPSA) is 72.2 Å². The minimum absolute atomic E-state index is 0.146. The Balaban J connectivity index is 2.21. The van der Waals surface area contributed by atoms with Crippen LogP contribution in [0.1, 0.15) is 10.4 Å². The van der Waals surface area contributed by atoms with Crippen LogP contribution in [0.3, 0.4) is 0 Å². The van der Waals surface area contributed by atoms with Crippen LogP contribution in [0.2, 0.25) is 10.0 Å². The van der Waals surface area contributed by atoms with Crippen molar-refractivity contribution in [3.63, 3.8) is 0 Å². The van der Waals surface area contributed by atoms with Gasteiger partial charge in [-0.2, -0.15) is 0 Å². The predicted octanol–water partition coefficient (Wildman–Crippen LogP) is 4.15. The van der Waals surface area contributed by atoms with Crippen LogP contribution in [0.15, 0.2) is 42.5 Å². The number of anilines is 1. The second kappa shape index (κ2) is 5.90. The summed E-state index contributed by atoms with van der Waals surface area (Å²) in [6.07, 6.45) is 0. The van der Waals surface area contributed by atoms with E-state index in [9.17, 15) is 14.9 Å². The summed E-state index contributed by atoms with van der Waals surface area (Å²) in [7, 11) is 0. The van der Waals surface area contributed by atoms with Gasteiger partial charge < -0.3 is 5.32 Å². The first-order chi connectivity index (χ1) is 9.47. The summed E-state index contributed by atoms with van der Waals surface area (Å²) in [6.45, 7) is 0. The number of rotatable bonds is 3. The SMILES string of the molecule is O=C(Nc1ccc(Cl)c(Cl)c1)c1cccc([N+](=O)[O-])c1. The Labute approximate surface area is 124 Å². The molecule has 0 aliphatic carbocycles. The van der Waals surface area contributed by atoms with E-state index in [-0.39, 0.29) is 11.3 Å². The lowest BCUT2D eigenvalue weighted by molar-refractivity contribution is -0.384. The monoisotopic (exact) mass is 310 g/mol. The van der Waals surface area contributed by atoms with E-state index in [4.69, 9.17) is 23.2 Å². The van der Waals surface area contributed by atoms with Gasteiger partial charge in [0, 0.05) is 23.4 Å². The number of hydrogen-bond donors (Lipinski definition) is 1. The number of halogens is 2. The van der Waals surface area contributed by atoms with Gasteiger partial charge in [0.05, 0.1) is 15.0 Å². The first-order valence-electron chi connectivity index (χ1n) is 5.48. The second-order valence-corrected chi connectivity index (χ2v) is 4.70. The molecule has 0 heterocycles. The van der Waals surface area contributed by atoms with Gasteiger partial charge in [-0.3, -0.25) is 14.9 Å². The molecule has 2 aromatic rings. The number of nitrogens with one attached hydrogen (secondary N) is 1. The molecular weight excluding hydrogens is 303 g/mol. The van der Waals surface area contributed by atoms with Crippen molar-refractivity contribution in [3.8, 4) is 0 Å². The maximum absolute atomic E-state index is 12.0. The molecule has 0 unspecified atom stereocenters. The fourth-order valence-electron chi connectivity index (χ4n) is 1.54. The third kappa shape index (κ3) is 3.26. The van der Waals surface area contributed by atoms with E-state index in [0.29, 0.717) is 15.7 Å². The van der Waals surface area contributed by atoms with Crippen molar-refractivity contribution in [2.24, 2.45) is 0 Å². The summed E-state index contributed by atoms with van der Waals surface area (Å²) in [5, 5.41) is 13.9. The largest absolute Gasteiger partial charge is 0.322 e. The van der Waals surface area contributed by atoms with Gasteiger partial charge in [-0.25, -0.2) is 0 Å². The van der Waals surface area contributed by atoms with Gasteiger partial charge >= 0.3 is 0 Å². The van der Waals surface area contributed by atoms with Crippen LogP contribution >= 0.6 is 23.2 Å². The van der Waals surface area contributed by atoms with Gasteiger partial charge in [-0.05, 0) is 24.3 Å². The molecule has 0 bridgehead atoms. The number of hydrogen-bond acceptors (Lipinski definition) is 3. The number of carbonyl (C=O) groups excluding carboxylic acids is 1. The first kappa shape index (κ1) is 14.3.